The number of hydrogen-bond acceptors (Lipinski definition) is 2. The fraction of sp³-hybridized carbons (Fsp3) is 0.889. The van der Waals surface area contributed by atoms with Crippen LogP contribution in [0.3, 0.4) is 0 Å². The average molecular weight is 241 g/mol. The van der Waals surface area contributed by atoms with Crippen molar-refractivity contribution in [2.45, 2.75) is 25.9 Å². The van der Waals surface area contributed by atoms with E-state index in [2.05, 4.69) is 15.0 Å². The highest BCUT2D eigenvalue weighted by molar-refractivity contribution is 5.77. The van der Waals surface area contributed by atoms with Crippen LogP contribution >= 0.6 is 0 Å². The predicted molar refractivity (Wildman–Crippen MR) is 56.3 cm³/mol. The number of alkyl halides is 3. The predicted octanol–water partition coefficient (Wildman–Crippen LogP) is 1.27. The normalized spacial score (nSPS) is 12.9. The molecule has 0 saturated heterocycles. The van der Waals surface area contributed by atoms with Crippen molar-refractivity contribution in [3.05, 3.63) is 0 Å². The third kappa shape index (κ3) is 11.1. The topological polar surface area (TPSA) is 59.6 Å². The lowest BCUT2D eigenvalue weighted by Crippen LogP contribution is -2.33. The van der Waals surface area contributed by atoms with Crippen LogP contribution in [0, 0.1) is 0 Å². The van der Waals surface area contributed by atoms with E-state index in [4.69, 9.17) is 5.73 Å². The van der Waals surface area contributed by atoms with Crippen molar-refractivity contribution >= 4 is 5.96 Å². The van der Waals surface area contributed by atoms with Gasteiger partial charge in [-0.15, -0.1) is 0 Å². The van der Waals surface area contributed by atoms with Crippen molar-refractivity contribution in [2.24, 2.45) is 10.7 Å². The summed E-state index contributed by atoms with van der Waals surface area (Å²) >= 11 is 0. The maximum absolute atomic E-state index is 11.7. The summed E-state index contributed by atoms with van der Waals surface area (Å²) in [7, 11) is 0. The molecule has 0 saturated carbocycles. The Morgan fingerprint density at radius 2 is 2.12 bits per heavy atom. The standard InChI is InChI=1S/C9H18F3N3O/c1-2-4-14-8(13)15-5-3-6-16-7-9(10,11)12/h2-7H2,1H3,(H3,13,14,15). The molecule has 3 N–H and O–H groups in total. The molecule has 0 heterocycles. The lowest BCUT2D eigenvalue weighted by Gasteiger charge is -2.08. The molecular weight excluding hydrogens is 223 g/mol. The Labute approximate surface area is 93.1 Å². The Morgan fingerprint density at radius 1 is 1.44 bits per heavy atom. The second-order valence-electron chi connectivity index (χ2n) is 3.22. The Balaban J connectivity index is 3.33. The monoisotopic (exact) mass is 241 g/mol. The lowest BCUT2D eigenvalue weighted by atomic mass is 10.4. The van der Waals surface area contributed by atoms with Crippen LogP contribution in [-0.2, 0) is 4.74 Å². The zero-order chi connectivity index (χ0) is 12.4. The highest BCUT2D eigenvalue weighted by Gasteiger charge is 2.27. The molecule has 0 rings (SSSR count). The van der Waals surface area contributed by atoms with E-state index in [1.165, 1.54) is 0 Å². The van der Waals surface area contributed by atoms with Gasteiger partial charge in [0.2, 0.25) is 0 Å². The van der Waals surface area contributed by atoms with Crippen LogP contribution in [0.4, 0.5) is 13.2 Å². The average Bonchev–Trinajstić information content (AvgIpc) is 2.18. The zero-order valence-corrected chi connectivity index (χ0v) is 9.31. The second-order valence-corrected chi connectivity index (χ2v) is 3.22. The van der Waals surface area contributed by atoms with Crippen LogP contribution in [0.25, 0.3) is 0 Å². The molecule has 0 aromatic carbocycles. The summed E-state index contributed by atoms with van der Waals surface area (Å²) < 4.78 is 39.4. The van der Waals surface area contributed by atoms with Gasteiger partial charge in [0.15, 0.2) is 5.96 Å². The molecule has 0 spiro atoms. The first-order chi connectivity index (χ1) is 7.45. The minimum absolute atomic E-state index is 0.0492. The van der Waals surface area contributed by atoms with Crippen molar-refractivity contribution in [3.63, 3.8) is 0 Å². The van der Waals surface area contributed by atoms with E-state index in [1.807, 2.05) is 6.92 Å². The molecule has 0 aliphatic heterocycles. The molecule has 0 radical (unpaired) electrons. The minimum atomic E-state index is -4.25. The number of nitrogens with two attached hydrogens (primary N) is 1. The highest BCUT2D eigenvalue weighted by atomic mass is 19.4. The van der Waals surface area contributed by atoms with Gasteiger partial charge in [0.1, 0.15) is 6.61 Å². The number of nitrogens with zero attached hydrogens (tertiary/aromatic N) is 1. The van der Waals surface area contributed by atoms with Crippen molar-refractivity contribution < 1.29 is 17.9 Å². The van der Waals surface area contributed by atoms with Gasteiger partial charge < -0.3 is 15.8 Å². The molecule has 4 nitrogen and oxygen atoms in total. The quantitative estimate of drug-likeness (QED) is 0.401. The highest BCUT2D eigenvalue weighted by Crippen LogP contribution is 2.14. The number of aliphatic imine (C=N–C) groups is 1. The molecule has 7 heteroatoms. The molecular formula is C9H18F3N3O. The molecule has 0 amide bonds. The molecule has 0 aliphatic carbocycles. The van der Waals surface area contributed by atoms with Crippen molar-refractivity contribution in [2.75, 3.05) is 26.3 Å². The summed E-state index contributed by atoms with van der Waals surface area (Å²) in [6, 6.07) is 0. The smallest absolute Gasteiger partial charge is 0.372 e. The van der Waals surface area contributed by atoms with Crippen molar-refractivity contribution in [3.8, 4) is 0 Å². The van der Waals surface area contributed by atoms with E-state index in [-0.39, 0.29) is 6.61 Å². The van der Waals surface area contributed by atoms with Gasteiger partial charge in [-0.2, -0.15) is 13.2 Å². The molecule has 0 aromatic rings. The Hall–Kier alpha value is -0.980. The van der Waals surface area contributed by atoms with Gasteiger partial charge in [0.25, 0.3) is 0 Å². The zero-order valence-electron chi connectivity index (χ0n) is 9.31. The lowest BCUT2D eigenvalue weighted by molar-refractivity contribution is -0.173. The van der Waals surface area contributed by atoms with E-state index < -0.39 is 12.8 Å². The second kappa shape index (κ2) is 8.20. The first-order valence-electron chi connectivity index (χ1n) is 5.14. The molecule has 0 aromatic heterocycles. The number of halogens is 3. The number of guanidine groups is 1. The summed E-state index contributed by atoms with van der Waals surface area (Å²) in [5, 5.41) is 2.78. The van der Waals surface area contributed by atoms with E-state index in [0.29, 0.717) is 25.5 Å². The number of rotatable bonds is 7. The van der Waals surface area contributed by atoms with Crippen LogP contribution in [0.1, 0.15) is 19.8 Å². The van der Waals surface area contributed by atoms with Gasteiger partial charge >= 0.3 is 6.18 Å². The first kappa shape index (κ1) is 15.0. The maximum atomic E-state index is 11.7. The first-order valence-corrected chi connectivity index (χ1v) is 5.14. The molecule has 0 aliphatic rings. The van der Waals surface area contributed by atoms with E-state index >= 15 is 0 Å². The van der Waals surface area contributed by atoms with Crippen LogP contribution < -0.4 is 11.1 Å². The van der Waals surface area contributed by atoms with Crippen molar-refractivity contribution in [1.82, 2.24) is 5.32 Å². The summed E-state index contributed by atoms with van der Waals surface area (Å²) in [5.74, 6) is 0.317. The SMILES string of the molecule is CCCN=C(N)NCCCOCC(F)(F)F. The number of hydrogen-bond donors (Lipinski definition) is 2. The third-order valence-corrected chi connectivity index (χ3v) is 1.54. The molecule has 0 fully saturated rings. The largest absolute Gasteiger partial charge is 0.411 e. The minimum Gasteiger partial charge on any atom is -0.372 e. The molecule has 16 heavy (non-hydrogen) atoms. The van der Waals surface area contributed by atoms with Crippen LogP contribution in [0.5, 0.6) is 0 Å². The number of ether oxygens (including phenoxy) is 1. The summed E-state index contributed by atoms with van der Waals surface area (Å²) in [6.45, 7) is 1.92. The van der Waals surface area contributed by atoms with Gasteiger partial charge in [0, 0.05) is 19.7 Å². The van der Waals surface area contributed by atoms with Crippen LogP contribution in [-0.4, -0.2) is 38.4 Å². The van der Waals surface area contributed by atoms with Crippen LogP contribution in [0.2, 0.25) is 0 Å². The van der Waals surface area contributed by atoms with Gasteiger partial charge in [-0.1, -0.05) is 6.92 Å². The third-order valence-electron chi connectivity index (χ3n) is 1.54. The molecule has 0 atom stereocenters. The van der Waals surface area contributed by atoms with Gasteiger partial charge in [-0.3, -0.25) is 4.99 Å². The fourth-order valence-corrected chi connectivity index (χ4v) is 0.867. The van der Waals surface area contributed by atoms with E-state index in [9.17, 15) is 13.2 Å². The molecule has 0 bridgehead atoms. The maximum Gasteiger partial charge on any atom is 0.411 e. The Kier molecular flexibility index (Phi) is 7.70. The fourth-order valence-electron chi connectivity index (χ4n) is 0.867. The summed E-state index contributed by atoms with van der Waals surface area (Å²) in [4.78, 5) is 3.96. The molecule has 96 valence electrons. The Bertz CT molecular complexity index is 207. The Morgan fingerprint density at radius 3 is 2.69 bits per heavy atom. The van der Waals surface area contributed by atoms with Crippen LogP contribution in [0.15, 0.2) is 4.99 Å². The van der Waals surface area contributed by atoms with E-state index in [0.717, 1.165) is 6.42 Å². The van der Waals surface area contributed by atoms with E-state index in [1.54, 1.807) is 0 Å². The van der Waals surface area contributed by atoms with Crippen molar-refractivity contribution in [1.29, 1.82) is 0 Å². The van der Waals surface area contributed by atoms with Gasteiger partial charge in [-0.25, -0.2) is 0 Å². The van der Waals surface area contributed by atoms with Gasteiger partial charge in [-0.05, 0) is 12.8 Å². The summed E-state index contributed by atoms with van der Waals surface area (Å²) in [6.07, 6.45) is -2.90. The molecule has 0 unspecified atom stereocenters. The van der Waals surface area contributed by atoms with Gasteiger partial charge in [0.05, 0.1) is 0 Å². The number of nitrogens with one attached hydrogen (secondary N) is 1. The summed E-state index contributed by atoms with van der Waals surface area (Å²) in [5.41, 5.74) is 5.46.